The predicted molar refractivity (Wildman–Crippen MR) is 55.7 cm³/mol. The van der Waals surface area contributed by atoms with Gasteiger partial charge in [0.15, 0.2) is 0 Å². The number of carbonyl (C=O) groups is 2. The first-order valence-corrected chi connectivity index (χ1v) is 6.07. The van der Waals surface area contributed by atoms with Gasteiger partial charge in [0.2, 0.25) is 9.39 Å². The lowest BCUT2D eigenvalue weighted by Crippen LogP contribution is -2.27. The molecule has 0 radical (unpaired) electrons. The molecule has 4 heteroatoms. The molecule has 2 saturated carbocycles. The van der Waals surface area contributed by atoms with E-state index in [1.54, 1.807) is 0 Å². The van der Waals surface area contributed by atoms with Crippen molar-refractivity contribution in [3.63, 3.8) is 0 Å². The summed E-state index contributed by atoms with van der Waals surface area (Å²) in [5, 5.41) is 0. The van der Waals surface area contributed by atoms with Crippen molar-refractivity contribution in [3.05, 3.63) is 0 Å². The minimum absolute atomic E-state index is 0.0819. The van der Waals surface area contributed by atoms with Gasteiger partial charge in [-0.2, -0.15) is 0 Å². The summed E-state index contributed by atoms with van der Waals surface area (Å²) in [5.74, 6) is 1.07. The zero-order chi connectivity index (χ0) is 9.59. The van der Waals surface area contributed by atoms with Crippen LogP contribution in [0.5, 0.6) is 0 Å². The molecule has 2 rings (SSSR count). The molecule has 2 fully saturated rings. The van der Waals surface area contributed by atoms with Gasteiger partial charge < -0.3 is 0 Å². The van der Waals surface area contributed by atoms with E-state index in [9.17, 15) is 9.59 Å². The smallest absolute Gasteiger partial charge is 0.201 e. The van der Waals surface area contributed by atoms with Gasteiger partial charge in [-0.15, -0.1) is 0 Å². The van der Waals surface area contributed by atoms with E-state index in [0.29, 0.717) is 11.8 Å². The van der Waals surface area contributed by atoms with Crippen LogP contribution in [0, 0.1) is 23.7 Å². The van der Waals surface area contributed by atoms with Gasteiger partial charge in [0.05, 0.1) is 0 Å². The fourth-order valence-electron chi connectivity index (χ4n) is 2.87. The summed E-state index contributed by atoms with van der Waals surface area (Å²) >= 11 is 6.03. The Balaban J connectivity index is 2.15. The Labute approximate surface area is 93.7 Å². The Morgan fingerprint density at radius 1 is 0.923 bits per heavy atom. The maximum absolute atomic E-state index is 11.2. The van der Waals surface area contributed by atoms with Gasteiger partial charge in [-0.1, -0.05) is 0 Å². The van der Waals surface area contributed by atoms with E-state index in [1.165, 1.54) is 0 Å². The van der Waals surface area contributed by atoms with E-state index in [0.717, 1.165) is 19.3 Å². The molecular formula is C9H10Br2O2. The molecule has 0 N–H and O–H groups in total. The summed E-state index contributed by atoms with van der Waals surface area (Å²) in [6.07, 6.45) is 3.01. The average molecular weight is 310 g/mol. The summed E-state index contributed by atoms with van der Waals surface area (Å²) in [6.45, 7) is 0. The largest absolute Gasteiger partial charge is 0.286 e. The van der Waals surface area contributed by atoms with Crippen molar-refractivity contribution in [1.29, 1.82) is 0 Å². The Hall–Kier alpha value is 0.300. The van der Waals surface area contributed by atoms with Gasteiger partial charge in [-0.3, -0.25) is 9.59 Å². The van der Waals surface area contributed by atoms with Crippen LogP contribution in [-0.2, 0) is 9.59 Å². The molecule has 72 valence electrons. The van der Waals surface area contributed by atoms with Crippen molar-refractivity contribution in [2.45, 2.75) is 19.3 Å². The van der Waals surface area contributed by atoms with Gasteiger partial charge in [0, 0.05) is 11.8 Å². The molecular weight excluding hydrogens is 300 g/mol. The molecule has 0 aromatic rings. The Kier molecular flexibility index (Phi) is 2.62. The second kappa shape index (κ2) is 3.46. The van der Waals surface area contributed by atoms with Crippen LogP contribution in [0.25, 0.3) is 0 Å². The highest BCUT2D eigenvalue weighted by molar-refractivity contribution is 9.18. The zero-order valence-electron chi connectivity index (χ0n) is 7.00. The molecule has 2 atom stereocenters. The predicted octanol–water partition coefficient (Wildman–Crippen LogP) is 2.49. The first-order chi connectivity index (χ1) is 6.09. The Morgan fingerprint density at radius 2 is 1.38 bits per heavy atom. The van der Waals surface area contributed by atoms with Gasteiger partial charge in [-0.05, 0) is 63.0 Å². The van der Waals surface area contributed by atoms with Crippen LogP contribution in [0.2, 0.25) is 0 Å². The molecule has 0 heterocycles. The molecule has 2 aliphatic rings. The number of carbonyl (C=O) groups excluding carboxylic acids is 2. The van der Waals surface area contributed by atoms with Crippen LogP contribution in [0.15, 0.2) is 0 Å². The summed E-state index contributed by atoms with van der Waals surface area (Å²) < 4.78 is 0.164. The lowest BCUT2D eigenvalue weighted by atomic mass is 9.82. The van der Waals surface area contributed by atoms with E-state index in [1.807, 2.05) is 0 Å². The average Bonchev–Trinajstić information content (AvgIpc) is 2.60. The minimum atomic E-state index is 0.0819. The van der Waals surface area contributed by atoms with Gasteiger partial charge in [-0.25, -0.2) is 0 Å². The van der Waals surface area contributed by atoms with Gasteiger partial charge >= 0.3 is 0 Å². The molecule has 13 heavy (non-hydrogen) atoms. The van der Waals surface area contributed by atoms with Crippen molar-refractivity contribution < 1.29 is 9.59 Å². The zero-order valence-corrected chi connectivity index (χ0v) is 10.2. The van der Waals surface area contributed by atoms with Crippen molar-refractivity contribution >= 4 is 41.2 Å². The van der Waals surface area contributed by atoms with E-state index >= 15 is 0 Å². The maximum atomic E-state index is 11.2. The molecule has 0 aromatic carbocycles. The van der Waals surface area contributed by atoms with E-state index in [2.05, 4.69) is 31.9 Å². The second-order valence-corrected chi connectivity index (χ2v) is 5.62. The van der Waals surface area contributed by atoms with E-state index < -0.39 is 0 Å². The maximum Gasteiger partial charge on any atom is 0.201 e. The molecule has 0 amide bonds. The molecule has 0 aromatic heterocycles. The van der Waals surface area contributed by atoms with Crippen LogP contribution in [-0.4, -0.2) is 9.39 Å². The standard InChI is InChI=1S/C9H10Br2O2/c10-8(12)6-2-4-1-5(6)7(3-4)9(11)13/h4-7H,1-3H2. The molecule has 2 bridgehead atoms. The topological polar surface area (TPSA) is 34.1 Å². The number of halogens is 2. The lowest BCUT2D eigenvalue weighted by Gasteiger charge is -2.24. The quantitative estimate of drug-likeness (QED) is 0.734. The molecule has 2 aliphatic carbocycles. The van der Waals surface area contributed by atoms with Crippen LogP contribution in [0.1, 0.15) is 19.3 Å². The van der Waals surface area contributed by atoms with Crippen LogP contribution >= 0.6 is 31.9 Å². The Bertz CT molecular complexity index is 240. The highest BCUT2D eigenvalue weighted by Gasteiger charge is 2.50. The first kappa shape index (κ1) is 9.84. The third-order valence-electron chi connectivity index (χ3n) is 3.40. The highest BCUT2D eigenvalue weighted by atomic mass is 79.9. The van der Waals surface area contributed by atoms with Crippen molar-refractivity contribution in [2.75, 3.05) is 0 Å². The number of fused-ring (bicyclic) bond motifs is 2. The van der Waals surface area contributed by atoms with Gasteiger partial charge in [0.25, 0.3) is 0 Å². The van der Waals surface area contributed by atoms with Crippen LogP contribution in [0.4, 0.5) is 0 Å². The van der Waals surface area contributed by atoms with E-state index in [-0.39, 0.29) is 21.2 Å². The fourth-order valence-corrected chi connectivity index (χ4v) is 3.93. The Morgan fingerprint density at radius 3 is 1.69 bits per heavy atom. The molecule has 2 nitrogen and oxygen atoms in total. The minimum Gasteiger partial charge on any atom is -0.286 e. The molecule has 2 unspecified atom stereocenters. The number of hydrogen-bond donors (Lipinski definition) is 0. The van der Waals surface area contributed by atoms with Crippen molar-refractivity contribution in [2.24, 2.45) is 23.7 Å². The lowest BCUT2D eigenvalue weighted by molar-refractivity contribution is -0.119. The van der Waals surface area contributed by atoms with Gasteiger partial charge in [0.1, 0.15) is 0 Å². The highest BCUT2D eigenvalue weighted by Crippen LogP contribution is 2.53. The monoisotopic (exact) mass is 308 g/mol. The number of rotatable bonds is 2. The third kappa shape index (κ3) is 1.63. The van der Waals surface area contributed by atoms with E-state index in [4.69, 9.17) is 0 Å². The molecule has 0 aliphatic heterocycles. The van der Waals surface area contributed by atoms with Crippen LogP contribution < -0.4 is 0 Å². The fraction of sp³-hybridized carbons (Fsp3) is 0.778. The summed E-state index contributed by atoms with van der Waals surface area (Å²) in [4.78, 5) is 22.4. The first-order valence-electron chi connectivity index (χ1n) is 4.48. The number of hydrogen-bond acceptors (Lipinski definition) is 2. The normalized spacial score (nSPS) is 42.3. The SMILES string of the molecule is O=C(Br)C1CC2CC(C(=O)Br)C1C2. The van der Waals surface area contributed by atoms with Crippen molar-refractivity contribution in [1.82, 2.24) is 0 Å². The third-order valence-corrected chi connectivity index (χ3v) is 4.57. The summed E-state index contributed by atoms with van der Waals surface area (Å²) in [5.41, 5.74) is 0. The van der Waals surface area contributed by atoms with Crippen LogP contribution in [0.3, 0.4) is 0 Å². The summed E-state index contributed by atoms with van der Waals surface area (Å²) in [7, 11) is 0. The molecule has 0 spiro atoms. The summed E-state index contributed by atoms with van der Waals surface area (Å²) in [6, 6.07) is 0. The van der Waals surface area contributed by atoms with Crippen molar-refractivity contribution in [3.8, 4) is 0 Å². The molecule has 0 saturated heterocycles. The second-order valence-electron chi connectivity index (χ2n) is 4.06.